The van der Waals surface area contributed by atoms with Crippen LogP contribution in [0.15, 0.2) is 66.7 Å². The van der Waals surface area contributed by atoms with E-state index in [2.05, 4.69) is 10.6 Å². The van der Waals surface area contributed by atoms with E-state index in [1.165, 1.54) is 0 Å². The lowest BCUT2D eigenvalue weighted by molar-refractivity contribution is -0.138. The molecule has 0 bridgehead atoms. The van der Waals surface area contributed by atoms with Crippen LogP contribution in [0.1, 0.15) is 18.1 Å². The Labute approximate surface area is 196 Å². The summed E-state index contributed by atoms with van der Waals surface area (Å²) in [4.78, 5) is 27.0. The maximum absolute atomic E-state index is 12.9. The number of nitrogens with zero attached hydrogens (tertiary/aromatic N) is 1. The van der Waals surface area contributed by atoms with Gasteiger partial charge in [0.25, 0.3) is 5.91 Å². The average Bonchev–Trinajstić information content (AvgIpc) is 2.86. The summed E-state index contributed by atoms with van der Waals surface area (Å²) in [5.74, 6) is 0.509. The first kappa shape index (κ1) is 22.0. The fourth-order valence-electron chi connectivity index (χ4n) is 3.48. The number of halogens is 2. The van der Waals surface area contributed by atoms with Crippen LogP contribution in [0.3, 0.4) is 0 Å². The van der Waals surface area contributed by atoms with E-state index >= 15 is 0 Å². The molecule has 0 saturated carbocycles. The first-order valence-electron chi connectivity index (χ1n) is 10.0. The molecule has 164 valence electrons. The third-order valence-corrected chi connectivity index (χ3v) is 5.50. The molecule has 0 radical (unpaired) electrons. The molecule has 4 rings (SSSR count). The standard InChI is InChI=1S/C24H21Cl2N3O3/c1-15-23(30)29(13-16-5-7-18(25)8-6-16)14-17-11-21(9-10-22(17)32-15)28-24(31)27-20-4-2-3-19(26)12-20/h2-12,15H,13-14H2,1H3,(H2,27,28,31)/t15-/m1/s1. The molecule has 0 fully saturated rings. The van der Waals surface area contributed by atoms with Gasteiger partial charge in [-0.25, -0.2) is 4.79 Å². The minimum Gasteiger partial charge on any atom is -0.481 e. The number of fused-ring (bicyclic) bond motifs is 1. The van der Waals surface area contributed by atoms with Crippen LogP contribution in [0.5, 0.6) is 5.75 Å². The van der Waals surface area contributed by atoms with Gasteiger partial charge in [-0.1, -0.05) is 41.4 Å². The molecular formula is C24H21Cl2N3O3. The Morgan fingerprint density at radius 3 is 2.44 bits per heavy atom. The summed E-state index contributed by atoms with van der Waals surface area (Å²) < 4.78 is 5.87. The lowest BCUT2D eigenvalue weighted by Gasteiger charge is -2.22. The van der Waals surface area contributed by atoms with E-state index < -0.39 is 12.1 Å². The van der Waals surface area contributed by atoms with Crippen LogP contribution in [0.2, 0.25) is 10.0 Å². The van der Waals surface area contributed by atoms with E-state index in [9.17, 15) is 9.59 Å². The molecule has 0 aliphatic carbocycles. The van der Waals surface area contributed by atoms with Crippen molar-refractivity contribution >= 4 is 46.5 Å². The zero-order valence-electron chi connectivity index (χ0n) is 17.3. The molecule has 1 heterocycles. The summed E-state index contributed by atoms with van der Waals surface area (Å²) in [6.45, 7) is 2.51. The molecule has 8 heteroatoms. The highest BCUT2D eigenvalue weighted by Gasteiger charge is 2.28. The predicted octanol–water partition coefficient (Wildman–Crippen LogP) is 5.95. The number of rotatable bonds is 4. The summed E-state index contributed by atoms with van der Waals surface area (Å²) in [6.07, 6.45) is -0.617. The maximum Gasteiger partial charge on any atom is 0.323 e. The van der Waals surface area contributed by atoms with Gasteiger partial charge in [-0.15, -0.1) is 0 Å². The van der Waals surface area contributed by atoms with Crippen LogP contribution >= 0.6 is 23.2 Å². The number of benzene rings is 3. The van der Waals surface area contributed by atoms with Crippen LogP contribution in [0.25, 0.3) is 0 Å². The van der Waals surface area contributed by atoms with E-state index in [0.29, 0.717) is 40.3 Å². The first-order valence-corrected chi connectivity index (χ1v) is 10.8. The van der Waals surface area contributed by atoms with E-state index in [0.717, 1.165) is 11.1 Å². The van der Waals surface area contributed by atoms with Gasteiger partial charge in [-0.05, 0) is 61.0 Å². The summed E-state index contributed by atoms with van der Waals surface area (Å²) in [5.41, 5.74) is 2.94. The van der Waals surface area contributed by atoms with Gasteiger partial charge in [0, 0.05) is 40.1 Å². The molecule has 0 spiro atoms. The van der Waals surface area contributed by atoms with E-state index in [1.807, 2.05) is 18.2 Å². The number of carbonyl (C=O) groups excluding carboxylic acids is 2. The number of carbonyl (C=O) groups is 2. The monoisotopic (exact) mass is 469 g/mol. The van der Waals surface area contributed by atoms with Crippen LogP contribution in [0, 0.1) is 0 Å². The molecular weight excluding hydrogens is 449 g/mol. The summed E-state index contributed by atoms with van der Waals surface area (Å²) in [5, 5.41) is 6.72. The van der Waals surface area contributed by atoms with Crippen molar-refractivity contribution in [2.75, 3.05) is 10.6 Å². The molecule has 1 aliphatic heterocycles. The third kappa shape index (κ3) is 5.33. The largest absolute Gasteiger partial charge is 0.481 e. The SMILES string of the molecule is C[C@H]1Oc2ccc(NC(=O)Nc3cccc(Cl)c3)cc2CN(Cc2ccc(Cl)cc2)C1=O. The summed E-state index contributed by atoms with van der Waals surface area (Å²) in [7, 11) is 0. The van der Waals surface area contributed by atoms with Crippen molar-refractivity contribution in [3.63, 3.8) is 0 Å². The van der Waals surface area contributed by atoms with Crippen molar-refractivity contribution in [3.8, 4) is 5.75 Å². The smallest absolute Gasteiger partial charge is 0.323 e. The van der Waals surface area contributed by atoms with Gasteiger partial charge in [0.2, 0.25) is 0 Å². The lowest BCUT2D eigenvalue weighted by Crippen LogP contribution is -2.37. The number of amides is 3. The molecule has 0 saturated heterocycles. The zero-order chi connectivity index (χ0) is 22.7. The Kier molecular flexibility index (Phi) is 6.53. The number of hydrogen-bond donors (Lipinski definition) is 2. The summed E-state index contributed by atoms with van der Waals surface area (Å²) in [6, 6.07) is 19.2. The van der Waals surface area contributed by atoms with Crippen molar-refractivity contribution in [1.82, 2.24) is 4.90 Å². The Balaban J connectivity index is 1.50. The molecule has 0 aromatic heterocycles. The minimum atomic E-state index is -0.617. The van der Waals surface area contributed by atoms with Crippen molar-refractivity contribution < 1.29 is 14.3 Å². The van der Waals surface area contributed by atoms with E-state index in [4.69, 9.17) is 27.9 Å². The Morgan fingerprint density at radius 1 is 1.00 bits per heavy atom. The van der Waals surface area contributed by atoms with Crippen LogP contribution in [-0.2, 0) is 17.9 Å². The molecule has 2 N–H and O–H groups in total. The topological polar surface area (TPSA) is 70.7 Å². The van der Waals surface area contributed by atoms with Gasteiger partial charge in [-0.3, -0.25) is 4.79 Å². The summed E-state index contributed by atoms with van der Waals surface area (Å²) >= 11 is 11.9. The fourth-order valence-corrected chi connectivity index (χ4v) is 3.80. The number of anilines is 2. The first-order chi connectivity index (χ1) is 15.4. The van der Waals surface area contributed by atoms with Gasteiger partial charge in [0.1, 0.15) is 5.75 Å². The fraction of sp³-hybridized carbons (Fsp3) is 0.167. The highest BCUT2D eigenvalue weighted by atomic mass is 35.5. The van der Waals surface area contributed by atoms with Crippen LogP contribution < -0.4 is 15.4 Å². The molecule has 6 nitrogen and oxygen atoms in total. The zero-order valence-corrected chi connectivity index (χ0v) is 18.8. The maximum atomic E-state index is 12.9. The van der Waals surface area contributed by atoms with Gasteiger partial charge in [-0.2, -0.15) is 0 Å². The van der Waals surface area contributed by atoms with Gasteiger partial charge >= 0.3 is 6.03 Å². The number of ether oxygens (including phenoxy) is 1. The molecule has 3 amide bonds. The van der Waals surface area contributed by atoms with Crippen molar-refractivity contribution in [1.29, 1.82) is 0 Å². The highest BCUT2D eigenvalue weighted by Crippen LogP contribution is 2.29. The average molecular weight is 470 g/mol. The van der Waals surface area contributed by atoms with Crippen LogP contribution in [0.4, 0.5) is 16.2 Å². The Bertz CT molecular complexity index is 1150. The number of nitrogens with one attached hydrogen (secondary N) is 2. The lowest BCUT2D eigenvalue weighted by atomic mass is 10.1. The quantitative estimate of drug-likeness (QED) is 0.495. The number of urea groups is 1. The molecule has 1 aliphatic rings. The Hall–Kier alpha value is -3.22. The van der Waals surface area contributed by atoms with Gasteiger partial charge in [0.15, 0.2) is 6.10 Å². The molecule has 3 aromatic carbocycles. The second-order valence-electron chi connectivity index (χ2n) is 7.49. The number of hydrogen-bond acceptors (Lipinski definition) is 3. The van der Waals surface area contributed by atoms with E-state index in [-0.39, 0.29) is 5.91 Å². The third-order valence-electron chi connectivity index (χ3n) is 5.01. The Morgan fingerprint density at radius 2 is 1.72 bits per heavy atom. The second kappa shape index (κ2) is 9.51. The highest BCUT2D eigenvalue weighted by molar-refractivity contribution is 6.31. The molecule has 3 aromatic rings. The van der Waals surface area contributed by atoms with Crippen LogP contribution in [-0.4, -0.2) is 22.9 Å². The van der Waals surface area contributed by atoms with Crippen molar-refractivity contribution in [2.45, 2.75) is 26.1 Å². The van der Waals surface area contributed by atoms with E-state index in [1.54, 1.807) is 60.4 Å². The minimum absolute atomic E-state index is 0.107. The second-order valence-corrected chi connectivity index (χ2v) is 8.37. The molecule has 0 unspecified atom stereocenters. The van der Waals surface area contributed by atoms with Crippen molar-refractivity contribution in [2.24, 2.45) is 0 Å². The van der Waals surface area contributed by atoms with Gasteiger partial charge in [0.05, 0.1) is 0 Å². The molecule has 1 atom stereocenters. The normalized spacial score (nSPS) is 15.4. The molecule has 32 heavy (non-hydrogen) atoms. The van der Waals surface area contributed by atoms with Crippen molar-refractivity contribution in [3.05, 3.63) is 87.9 Å². The van der Waals surface area contributed by atoms with Gasteiger partial charge < -0.3 is 20.3 Å². The predicted molar refractivity (Wildman–Crippen MR) is 126 cm³/mol.